The first-order chi connectivity index (χ1) is 9.16. The molecule has 0 saturated carbocycles. The summed E-state index contributed by atoms with van der Waals surface area (Å²) in [6, 6.07) is 10.6. The molecule has 0 radical (unpaired) electrons. The molecule has 1 atom stereocenters. The Balaban J connectivity index is 1.99. The zero-order valence-corrected chi connectivity index (χ0v) is 10.5. The predicted octanol–water partition coefficient (Wildman–Crippen LogP) is 3.14. The van der Waals surface area contributed by atoms with Crippen molar-refractivity contribution in [1.29, 1.82) is 0 Å². The Bertz CT molecular complexity index is 571. The van der Waals surface area contributed by atoms with E-state index in [-0.39, 0.29) is 5.78 Å². The lowest BCUT2D eigenvalue weighted by molar-refractivity contribution is 0.102. The van der Waals surface area contributed by atoms with Crippen LogP contribution in [-0.2, 0) is 0 Å². The Hall–Kier alpha value is -2.33. The van der Waals surface area contributed by atoms with Crippen LogP contribution in [0.4, 0.5) is 5.69 Å². The number of benzene rings is 1. The molecule has 0 amide bonds. The fourth-order valence-corrected chi connectivity index (χ4v) is 1.60. The summed E-state index contributed by atoms with van der Waals surface area (Å²) in [5.41, 5.74) is 1.62. The number of ketones is 1. The number of anilines is 1. The van der Waals surface area contributed by atoms with Crippen LogP contribution in [0.5, 0.6) is 0 Å². The van der Waals surface area contributed by atoms with Crippen LogP contribution in [0.2, 0.25) is 0 Å². The van der Waals surface area contributed by atoms with Gasteiger partial charge in [-0.1, -0.05) is 12.1 Å². The van der Waals surface area contributed by atoms with Crippen molar-refractivity contribution in [2.24, 2.45) is 0 Å². The lowest BCUT2D eigenvalue weighted by Crippen LogP contribution is -1.96. The van der Waals surface area contributed by atoms with Crippen molar-refractivity contribution in [3.05, 3.63) is 66.3 Å². The quantitative estimate of drug-likeness (QED) is 0.638. The Morgan fingerprint density at radius 1 is 1.37 bits per heavy atom. The van der Waals surface area contributed by atoms with Gasteiger partial charge in [0.1, 0.15) is 0 Å². The molecule has 1 aromatic heterocycles. The zero-order valence-electron chi connectivity index (χ0n) is 10.5. The van der Waals surface area contributed by atoms with Crippen LogP contribution >= 0.6 is 0 Å². The van der Waals surface area contributed by atoms with E-state index < -0.39 is 6.10 Å². The number of carbonyl (C=O) groups excluding carboxylic acids is 1. The number of nitrogens with one attached hydrogen (secondary N) is 1. The molecule has 4 nitrogen and oxygen atoms in total. The van der Waals surface area contributed by atoms with Crippen LogP contribution in [0.15, 0.2) is 59.4 Å². The van der Waals surface area contributed by atoms with Gasteiger partial charge in [-0.2, -0.15) is 0 Å². The van der Waals surface area contributed by atoms with Gasteiger partial charge in [0.25, 0.3) is 0 Å². The maximum Gasteiger partial charge on any atom is 0.222 e. The van der Waals surface area contributed by atoms with Crippen molar-refractivity contribution in [3.63, 3.8) is 0 Å². The van der Waals surface area contributed by atoms with E-state index in [4.69, 9.17) is 4.42 Å². The van der Waals surface area contributed by atoms with E-state index >= 15 is 0 Å². The van der Waals surface area contributed by atoms with Crippen molar-refractivity contribution in [2.45, 2.75) is 13.0 Å². The minimum Gasteiger partial charge on any atom is -0.461 e. The van der Waals surface area contributed by atoms with Gasteiger partial charge in [0.05, 0.1) is 12.4 Å². The van der Waals surface area contributed by atoms with E-state index in [2.05, 4.69) is 5.32 Å². The normalized spacial score (nSPS) is 12.5. The van der Waals surface area contributed by atoms with Crippen LogP contribution in [0.1, 0.15) is 29.1 Å². The smallest absolute Gasteiger partial charge is 0.222 e. The minimum absolute atomic E-state index is 0.204. The van der Waals surface area contributed by atoms with Crippen molar-refractivity contribution in [2.75, 3.05) is 5.32 Å². The molecule has 1 unspecified atom stereocenters. The molecule has 2 rings (SSSR count). The predicted molar refractivity (Wildman–Crippen MR) is 72.9 cm³/mol. The number of furan rings is 1. The van der Waals surface area contributed by atoms with Crippen molar-refractivity contribution in [1.82, 2.24) is 0 Å². The third-order valence-electron chi connectivity index (χ3n) is 2.62. The van der Waals surface area contributed by atoms with E-state index in [1.165, 1.54) is 12.3 Å². The molecule has 2 aromatic rings. The fourth-order valence-electron chi connectivity index (χ4n) is 1.60. The first kappa shape index (κ1) is 13.1. The number of aliphatic hydroxyl groups excluding tert-OH is 1. The molecule has 0 spiro atoms. The summed E-state index contributed by atoms with van der Waals surface area (Å²) in [6.45, 7) is 1.70. The number of hydrogen-bond acceptors (Lipinski definition) is 4. The molecule has 0 bridgehead atoms. The van der Waals surface area contributed by atoms with Crippen LogP contribution < -0.4 is 5.32 Å². The van der Waals surface area contributed by atoms with Gasteiger partial charge in [0.2, 0.25) is 5.78 Å². The molecule has 4 heteroatoms. The van der Waals surface area contributed by atoms with Gasteiger partial charge in [-0.15, -0.1) is 0 Å². The summed E-state index contributed by atoms with van der Waals surface area (Å²) in [5.74, 6) is 0.0972. The molecule has 2 N–H and O–H groups in total. The molecular formula is C15H15NO3. The van der Waals surface area contributed by atoms with Gasteiger partial charge < -0.3 is 14.8 Å². The Morgan fingerprint density at radius 3 is 2.89 bits per heavy atom. The monoisotopic (exact) mass is 257 g/mol. The summed E-state index contributed by atoms with van der Waals surface area (Å²) >= 11 is 0. The standard InChI is InChI=1S/C15H15NO3/c1-11(17)12-4-2-5-13(10-12)16-8-7-14(18)15-6-3-9-19-15/h2-11,16-17H,1H3. The molecule has 0 fully saturated rings. The highest BCUT2D eigenvalue weighted by atomic mass is 16.3. The van der Waals surface area contributed by atoms with E-state index in [1.807, 2.05) is 24.3 Å². The molecule has 1 aromatic carbocycles. The average Bonchev–Trinajstić information content (AvgIpc) is 2.93. The van der Waals surface area contributed by atoms with E-state index in [0.29, 0.717) is 5.76 Å². The summed E-state index contributed by atoms with van der Waals surface area (Å²) in [7, 11) is 0. The van der Waals surface area contributed by atoms with Crippen molar-refractivity contribution >= 4 is 11.5 Å². The number of allylic oxidation sites excluding steroid dienone is 1. The number of rotatable bonds is 5. The van der Waals surface area contributed by atoms with Crippen molar-refractivity contribution < 1.29 is 14.3 Å². The van der Waals surface area contributed by atoms with E-state index in [1.54, 1.807) is 25.3 Å². The van der Waals surface area contributed by atoms with Crippen molar-refractivity contribution in [3.8, 4) is 0 Å². The van der Waals surface area contributed by atoms with Crippen LogP contribution in [-0.4, -0.2) is 10.9 Å². The highest BCUT2D eigenvalue weighted by Crippen LogP contribution is 2.16. The minimum atomic E-state index is -0.518. The summed E-state index contributed by atoms with van der Waals surface area (Å²) in [6.07, 6.45) is 3.89. The van der Waals surface area contributed by atoms with Gasteiger partial charge in [-0.3, -0.25) is 4.79 Å². The molecule has 19 heavy (non-hydrogen) atoms. The third-order valence-corrected chi connectivity index (χ3v) is 2.62. The van der Waals surface area contributed by atoms with Gasteiger partial charge in [0.15, 0.2) is 5.76 Å². The van der Waals surface area contributed by atoms with Gasteiger partial charge in [0, 0.05) is 18.0 Å². The first-order valence-corrected chi connectivity index (χ1v) is 5.96. The second-order valence-electron chi connectivity index (χ2n) is 4.12. The number of aliphatic hydroxyl groups is 1. The highest BCUT2D eigenvalue weighted by molar-refractivity contribution is 6.02. The Labute approximate surface area is 111 Å². The lowest BCUT2D eigenvalue weighted by Gasteiger charge is -2.06. The van der Waals surface area contributed by atoms with Gasteiger partial charge in [-0.05, 0) is 36.8 Å². The molecule has 1 heterocycles. The SMILES string of the molecule is CC(O)c1cccc(NC=CC(=O)c2ccco2)c1. The summed E-state index contributed by atoms with van der Waals surface area (Å²) in [4.78, 5) is 11.6. The zero-order chi connectivity index (χ0) is 13.7. The molecule has 0 aliphatic carbocycles. The van der Waals surface area contributed by atoms with E-state index in [9.17, 15) is 9.90 Å². The van der Waals surface area contributed by atoms with E-state index in [0.717, 1.165) is 11.3 Å². The molecular weight excluding hydrogens is 242 g/mol. The second-order valence-corrected chi connectivity index (χ2v) is 4.12. The summed E-state index contributed by atoms with van der Waals surface area (Å²) < 4.78 is 4.99. The largest absolute Gasteiger partial charge is 0.461 e. The van der Waals surface area contributed by atoms with Gasteiger partial charge >= 0.3 is 0 Å². The lowest BCUT2D eigenvalue weighted by atomic mass is 10.1. The maximum absolute atomic E-state index is 11.6. The number of hydrogen-bond donors (Lipinski definition) is 2. The molecule has 0 aliphatic heterocycles. The Kier molecular flexibility index (Phi) is 4.15. The highest BCUT2D eigenvalue weighted by Gasteiger charge is 2.03. The third kappa shape index (κ3) is 3.56. The fraction of sp³-hybridized carbons (Fsp3) is 0.133. The van der Waals surface area contributed by atoms with Crippen LogP contribution in [0, 0.1) is 0 Å². The molecule has 0 aliphatic rings. The first-order valence-electron chi connectivity index (χ1n) is 5.96. The topological polar surface area (TPSA) is 62.5 Å². The summed E-state index contributed by atoms with van der Waals surface area (Å²) in [5, 5.41) is 12.5. The maximum atomic E-state index is 11.6. The molecule has 0 saturated heterocycles. The average molecular weight is 257 g/mol. The van der Waals surface area contributed by atoms with Gasteiger partial charge in [-0.25, -0.2) is 0 Å². The Morgan fingerprint density at radius 2 is 2.21 bits per heavy atom. The second kappa shape index (κ2) is 6.02. The number of carbonyl (C=O) groups is 1. The van der Waals surface area contributed by atoms with Crippen LogP contribution in [0.25, 0.3) is 0 Å². The molecule has 98 valence electrons. The van der Waals surface area contributed by atoms with Crippen LogP contribution in [0.3, 0.4) is 0 Å².